The molecule has 1 atom stereocenters. The van der Waals surface area contributed by atoms with Gasteiger partial charge >= 0.3 is 0 Å². The molecule has 0 aromatic rings. The Kier molecular flexibility index (Phi) is 7.47. The molecule has 0 spiro atoms. The predicted molar refractivity (Wildman–Crippen MR) is 80.5 cm³/mol. The van der Waals surface area contributed by atoms with Gasteiger partial charge in [-0.15, -0.1) is 0 Å². The van der Waals surface area contributed by atoms with E-state index in [0.717, 1.165) is 26.1 Å². The zero-order chi connectivity index (χ0) is 15.0. The fraction of sp³-hybridized carbons (Fsp3) is 0.923. The molecule has 1 unspecified atom stereocenters. The van der Waals surface area contributed by atoms with Crippen molar-refractivity contribution in [1.82, 2.24) is 15.5 Å². The first-order chi connectivity index (χ1) is 9.46. The number of amides is 1. The third-order valence-corrected chi connectivity index (χ3v) is 5.34. The van der Waals surface area contributed by atoms with Gasteiger partial charge in [0.05, 0.1) is 11.5 Å². The van der Waals surface area contributed by atoms with Crippen LogP contribution in [0.2, 0.25) is 0 Å². The molecule has 7 heteroatoms. The van der Waals surface area contributed by atoms with Crippen molar-refractivity contribution in [2.75, 3.05) is 44.2 Å². The molecule has 1 heterocycles. The number of nitrogens with zero attached hydrogens (tertiary/aromatic N) is 1. The van der Waals surface area contributed by atoms with Crippen LogP contribution in [-0.2, 0) is 14.6 Å². The molecule has 0 bridgehead atoms. The maximum absolute atomic E-state index is 11.7. The van der Waals surface area contributed by atoms with E-state index < -0.39 is 9.84 Å². The molecule has 1 aliphatic rings. The smallest absolute Gasteiger partial charge is 0.221 e. The van der Waals surface area contributed by atoms with Crippen molar-refractivity contribution < 1.29 is 13.2 Å². The highest BCUT2D eigenvalue weighted by Crippen LogP contribution is 2.04. The second kappa shape index (κ2) is 8.59. The molecule has 0 aromatic carbocycles. The summed E-state index contributed by atoms with van der Waals surface area (Å²) >= 11 is 0. The Hall–Kier alpha value is -0.660. The first-order valence-corrected chi connectivity index (χ1v) is 9.21. The third-order valence-electron chi connectivity index (χ3n) is 3.60. The number of carbonyl (C=O) groups is 1. The Labute approximate surface area is 122 Å². The lowest BCUT2D eigenvalue weighted by Crippen LogP contribution is -2.47. The monoisotopic (exact) mass is 305 g/mol. The molecule has 1 fully saturated rings. The molecule has 20 heavy (non-hydrogen) atoms. The normalized spacial score (nSPS) is 21.9. The van der Waals surface area contributed by atoms with E-state index in [1.54, 1.807) is 0 Å². The van der Waals surface area contributed by atoms with Crippen molar-refractivity contribution in [3.63, 3.8) is 0 Å². The average molecular weight is 305 g/mol. The highest BCUT2D eigenvalue weighted by atomic mass is 32.2. The number of carbonyl (C=O) groups excluding carboxylic acids is 1. The molecular weight excluding hydrogens is 278 g/mol. The summed E-state index contributed by atoms with van der Waals surface area (Å²) in [6.45, 7) is 8.36. The maximum atomic E-state index is 11.7. The van der Waals surface area contributed by atoms with Crippen molar-refractivity contribution in [2.24, 2.45) is 0 Å². The fourth-order valence-corrected chi connectivity index (χ4v) is 3.81. The van der Waals surface area contributed by atoms with Crippen molar-refractivity contribution in [3.8, 4) is 0 Å². The SMILES string of the molecule is CCN(CC)CCCNC(=O)CC1CS(=O)(=O)CCN1. The molecule has 0 saturated carbocycles. The molecular formula is C13H27N3O3S. The van der Waals surface area contributed by atoms with Gasteiger partial charge in [-0.05, 0) is 26.1 Å². The Balaban J connectivity index is 2.17. The second-order valence-electron chi connectivity index (χ2n) is 5.20. The molecule has 1 amide bonds. The van der Waals surface area contributed by atoms with E-state index >= 15 is 0 Å². The largest absolute Gasteiger partial charge is 0.356 e. The Morgan fingerprint density at radius 3 is 2.65 bits per heavy atom. The zero-order valence-corrected chi connectivity index (χ0v) is 13.3. The van der Waals surface area contributed by atoms with Crippen LogP contribution < -0.4 is 10.6 Å². The minimum atomic E-state index is -2.97. The van der Waals surface area contributed by atoms with Gasteiger partial charge in [0.1, 0.15) is 0 Å². The van der Waals surface area contributed by atoms with Crippen molar-refractivity contribution >= 4 is 15.7 Å². The highest BCUT2D eigenvalue weighted by molar-refractivity contribution is 7.91. The lowest BCUT2D eigenvalue weighted by molar-refractivity contribution is -0.121. The minimum absolute atomic E-state index is 0.0693. The number of nitrogens with one attached hydrogen (secondary N) is 2. The summed E-state index contributed by atoms with van der Waals surface area (Å²) in [5, 5.41) is 5.94. The van der Waals surface area contributed by atoms with E-state index in [2.05, 4.69) is 29.4 Å². The molecule has 6 nitrogen and oxygen atoms in total. The Morgan fingerprint density at radius 2 is 2.05 bits per heavy atom. The van der Waals surface area contributed by atoms with E-state index in [1.165, 1.54) is 0 Å². The van der Waals surface area contributed by atoms with Gasteiger partial charge in [-0.1, -0.05) is 13.8 Å². The second-order valence-corrected chi connectivity index (χ2v) is 7.43. The Morgan fingerprint density at radius 1 is 1.35 bits per heavy atom. The minimum Gasteiger partial charge on any atom is -0.356 e. The molecule has 1 saturated heterocycles. The Bertz CT molecular complexity index is 394. The average Bonchev–Trinajstić information content (AvgIpc) is 2.37. The van der Waals surface area contributed by atoms with Crippen molar-refractivity contribution in [3.05, 3.63) is 0 Å². The zero-order valence-electron chi connectivity index (χ0n) is 12.5. The summed E-state index contributed by atoms with van der Waals surface area (Å²) in [6, 6.07) is -0.239. The number of hydrogen-bond acceptors (Lipinski definition) is 5. The molecule has 0 aliphatic carbocycles. The van der Waals surface area contributed by atoms with E-state index in [4.69, 9.17) is 0 Å². The van der Waals surface area contributed by atoms with Gasteiger partial charge in [0.25, 0.3) is 0 Å². The molecule has 0 radical (unpaired) electrons. The highest BCUT2D eigenvalue weighted by Gasteiger charge is 2.25. The van der Waals surface area contributed by atoms with Crippen LogP contribution in [0.5, 0.6) is 0 Å². The fourth-order valence-electron chi connectivity index (χ4n) is 2.36. The van der Waals surface area contributed by atoms with Crippen LogP contribution >= 0.6 is 0 Å². The molecule has 2 N–H and O–H groups in total. The number of sulfone groups is 1. The predicted octanol–water partition coefficient (Wildman–Crippen LogP) is -0.389. The van der Waals surface area contributed by atoms with Gasteiger partial charge in [-0.3, -0.25) is 4.79 Å². The van der Waals surface area contributed by atoms with Crippen LogP contribution in [0.15, 0.2) is 0 Å². The van der Waals surface area contributed by atoms with Crippen LogP contribution in [0.1, 0.15) is 26.7 Å². The van der Waals surface area contributed by atoms with Crippen LogP contribution in [0.25, 0.3) is 0 Å². The first kappa shape index (κ1) is 17.4. The lowest BCUT2D eigenvalue weighted by Gasteiger charge is -2.23. The first-order valence-electron chi connectivity index (χ1n) is 7.39. The molecule has 1 rings (SSSR count). The van der Waals surface area contributed by atoms with Gasteiger partial charge in [-0.25, -0.2) is 8.42 Å². The van der Waals surface area contributed by atoms with Gasteiger partial charge in [0, 0.05) is 25.6 Å². The third kappa shape index (κ3) is 6.67. The van der Waals surface area contributed by atoms with E-state index in [-0.39, 0.29) is 29.9 Å². The van der Waals surface area contributed by atoms with Crippen LogP contribution in [0.3, 0.4) is 0 Å². The standard InChI is InChI=1S/C13H27N3O3S/c1-3-16(4-2)8-5-6-15-13(17)10-12-11-20(18,19)9-7-14-12/h12,14H,3-11H2,1-2H3,(H,15,17). The van der Waals surface area contributed by atoms with Gasteiger partial charge in [0.15, 0.2) is 9.84 Å². The van der Waals surface area contributed by atoms with Crippen molar-refractivity contribution in [1.29, 1.82) is 0 Å². The van der Waals surface area contributed by atoms with Gasteiger partial charge < -0.3 is 15.5 Å². The van der Waals surface area contributed by atoms with E-state index in [9.17, 15) is 13.2 Å². The summed E-state index contributed by atoms with van der Waals surface area (Å²) < 4.78 is 22.9. The molecule has 0 aromatic heterocycles. The number of rotatable bonds is 8. The van der Waals surface area contributed by atoms with Gasteiger partial charge in [0.2, 0.25) is 5.91 Å². The maximum Gasteiger partial charge on any atom is 0.221 e. The number of hydrogen-bond donors (Lipinski definition) is 2. The van der Waals surface area contributed by atoms with Crippen molar-refractivity contribution in [2.45, 2.75) is 32.7 Å². The summed E-state index contributed by atoms with van der Waals surface area (Å²) in [6.07, 6.45) is 1.16. The molecule has 1 aliphatic heterocycles. The summed E-state index contributed by atoms with van der Waals surface area (Å²) in [4.78, 5) is 14.1. The van der Waals surface area contributed by atoms with Crippen LogP contribution in [0.4, 0.5) is 0 Å². The van der Waals surface area contributed by atoms with E-state index in [1.807, 2.05) is 0 Å². The van der Waals surface area contributed by atoms with E-state index in [0.29, 0.717) is 13.1 Å². The lowest BCUT2D eigenvalue weighted by atomic mass is 10.2. The van der Waals surface area contributed by atoms with Crippen LogP contribution in [0, 0.1) is 0 Å². The summed E-state index contributed by atoms with van der Waals surface area (Å²) in [7, 11) is -2.97. The van der Waals surface area contributed by atoms with Crippen LogP contribution in [-0.4, -0.2) is 69.5 Å². The summed E-state index contributed by atoms with van der Waals surface area (Å²) in [5.74, 6) is 0.175. The summed E-state index contributed by atoms with van der Waals surface area (Å²) in [5.41, 5.74) is 0. The quantitative estimate of drug-likeness (QED) is 0.597. The molecule has 118 valence electrons. The topological polar surface area (TPSA) is 78.5 Å². The van der Waals surface area contributed by atoms with Gasteiger partial charge in [-0.2, -0.15) is 0 Å².